The molecule has 1 aromatic rings. The molecule has 1 heterocycles. The van der Waals surface area contributed by atoms with Crippen molar-refractivity contribution >= 4 is 40.3 Å². The summed E-state index contributed by atoms with van der Waals surface area (Å²) in [5, 5.41) is 2.89. The molecule has 0 aliphatic carbocycles. The molecule has 4 nitrogen and oxygen atoms in total. The predicted molar refractivity (Wildman–Crippen MR) is 46.8 cm³/mol. The van der Waals surface area contributed by atoms with Gasteiger partial charge >= 0.3 is 0 Å². The molecule has 6 heteroatoms. The van der Waals surface area contributed by atoms with Gasteiger partial charge in [-0.3, -0.25) is 9.59 Å². The maximum Gasteiger partial charge on any atom is 0.223 e. The van der Waals surface area contributed by atoms with Crippen molar-refractivity contribution in [1.29, 1.82) is 0 Å². The van der Waals surface area contributed by atoms with Crippen LogP contribution >= 0.6 is 22.9 Å². The van der Waals surface area contributed by atoms with Gasteiger partial charge in [0.25, 0.3) is 0 Å². The van der Waals surface area contributed by atoms with Gasteiger partial charge in [0.15, 0.2) is 16.6 Å². The first kappa shape index (κ1) is 9.15. The molecule has 0 unspecified atom stereocenters. The molecule has 1 N–H and O–H groups in total. The Morgan fingerprint density at radius 3 is 2.83 bits per heavy atom. The number of amides is 1. The molecule has 0 spiro atoms. The molecule has 0 radical (unpaired) electrons. The lowest BCUT2D eigenvalue weighted by Crippen LogP contribution is -2.04. The maximum absolute atomic E-state index is 10.5. The fraction of sp³-hybridized carbons (Fsp3) is 0.167. The number of nitrogens with one attached hydrogen (secondary N) is 1. The standard InChI is InChI=1S/C6H5ClN2O2S/c1-3(11)8-6-9-5(7)4(2-10)12-6/h2H,1H3,(H,8,9,11). The van der Waals surface area contributed by atoms with Crippen LogP contribution in [-0.2, 0) is 4.79 Å². The van der Waals surface area contributed by atoms with Crippen LogP contribution in [0.1, 0.15) is 16.6 Å². The van der Waals surface area contributed by atoms with Crippen molar-refractivity contribution in [2.75, 3.05) is 5.32 Å². The Morgan fingerprint density at radius 1 is 1.75 bits per heavy atom. The molecule has 0 fully saturated rings. The summed E-state index contributed by atoms with van der Waals surface area (Å²) in [7, 11) is 0. The molecule has 0 aromatic carbocycles. The van der Waals surface area contributed by atoms with Gasteiger partial charge in [0.05, 0.1) is 0 Å². The minimum atomic E-state index is -0.238. The first-order valence-electron chi connectivity index (χ1n) is 3.02. The molecular formula is C6H5ClN2O2S. The first-order valence-corrected chi connectivity index (χ1v) is 4.22. The largest absolute Gasteiger partial charge is 0.302 e. The third-order valence-corrected chi connectivity index (χ3v) is 2.30. The van der Waals surface area contributed by atoms with E-state index in [1.54, 1.807) is 0 Å². The SMILES string of the molecule is CC(=O)Nc1nc(Cl)c(C=O)s1. The Bertz CT molecular complexity index is 323. The number of anilines is 1. The van der Waals surface area contributed by atoms with Gasteiger partial charge in [-0.05, 0) is 0 Å². The van der Waals surface area contributed by atoms with E-state index in [-0.39, 0.29) is 11.1 Å². The number of hydrogen-bond acceptors (Lipinski definition) is 4. The number of aromatic nitrogens is 1. The van der Waals surface area contributed by atoms with E-state index in [1.807, 2.05) is 0 Å². The van der Waals surface area contributed by atoms with Crippen LogP contribution in [0, 0.1) is 0 Å². The second-order valence-corrected chi connectivity index (χ2v) is 3.36. The van der Waals surface area contributed by atoms with Crippen LogP contribution < -0.4 is 5.32 Å². The second kappa shape index (κ2) is 3.64. The molecule has 1 aromatic heterocycles. The van der Waals surface area contributed by atoms with Gasteiger partial charge < -0.3 is 5.32 Å². The van der Waals surface area contributed by atoms with Crippen molar-refractivity contribution in [3.63, 3.8) is 0 Å². The van der Waals surface area contributed by atoms with Crippen LogP contribution in [0.5, 0.6) is 0 Å². The van der Waals surface area contributed by atoms with Gasteiger partial charge in [0, 0.05) is 6.92 Å². The summed E-state index contributed by atoms with van der Waals surface area (Å²) >= 11 is 6.59. The average molecular weight is 205 g/mol. The quantitative estimate of drug-likeness (QED) is 0.744. The number of nitrogens with zero attached hydrogens (tertiary/aromatic N) is 1. The first-order chi connectivity index (χ1) is 5.63. The van der Waals surface area contributed by atoms with E-state index in [2.05, 4.69) is 10.3 Å². The van der Waals surface area contributed by atoms with Crippen LogP contribution in [0.25, 0.3) is 0 Å². The van der Waals surface area contributed by atoms with Crippen LogP contribution in [-0.4, -0.2) is 17.2 Å². The van der Waals surface area contributed by atoms with Crippen molar-refractivity contribution in [2.24, 2.45) is 0 Å². The summed E-state index contributed by atoms with van der Waals surface area (Å²) in [5.41, 5.74) is 0. The van der Waals surface area contributed by atoms with E-state index in [0.717, 1.165) is 11.3 Å². The number of thiazole rings is 1. The highest BCUT2D eigenvalue weighted by Gasteiger charge is 2.08. The topological polar surface area (TPSA) is 59.1 Å². The number of carbonyl (C=O) groups is 2. The fourth-order valence-electron chi connectivity index (χ4n) is 0.590. The van der Waals surface area contributed by atoms with E-state index in [9.17, 15) is 9.59 Å². The average Bonchev–Trinajstić information content (AvgIpc) is 2.29. The number of rotatable bonds is 2. The van der Waals surface area contributed by atoms with Crippen molar-refractivity contribution in [3.8, 4) is 0 Å². The van der Waals surface area contributed by atoms with E-state index >= 15 is 0 Å². The predicted octanol–water partition coefficient (Wildman–Crippen LogP) is 1.57. The smallest absolute Gasteiger partial charge is 0.223 e. The number of aldehydes is 1. The summed E-state index contributed by atoms with van der Waals surface area (Å²) in [6.45, 7) is 1.36. The van der Waals surface area contributed by atoms with Gasteiger partial charge in [0.2, 0.25) is 5.91 Å². The van der Waals surface area contributed by atoms with Crippen LogP contribution in [0.4, 0.5) is 5.13 Å². The molecular weight excluding hydrogens is 200 g/mol. The summed E-state index contributed by atoms with van der Waals surface area (Å²) < 4.78 is 0. The molecule has 64 valence electrons. The lowest BCUT2D eigenvalue weighted by atomic mass is 10.6. The summed E-state index contributed by atoms with van der Waals surface area (Å²) in [6.07, 6.45) is 0.602. The number of hydrogen-bond donors (Lipinski definition) is 1. The molecule has 0 aliphatic rings. The Hall–Kier alpha value is -0.940. The van der Waals surface area contributed by atoms with Gasteiger partial charge in [-0.25, -0.2) is 4.98 Å². The fourth-order valence-corrected chi connectivity index (χ4v) is 1.60. The van der Waals surface area contributed by atoms with Crippen LogP contribution in [0.2, 0.25) is 5.15 Å². The molecule has 1 rings (SSSR count). The van der Waals surface area contributed by atoms with Crippen molar-refractivity contribution in [1.82, 2.24) is 4.98 Å². The third-order valence-electron chi connectivity index (χ3n) is 1.000. The third kappa shape index (κ3) is 2.02. The van der Waals surface area contributed by atoms with E-state index in [1.165, 1.54) is 6.92 Å². The highest BCUT2D eigenvalue weighted by atomic mass is 35.5. The molecule has 1 amide bonds. The normalized spacial score (nSPS) is 9.50. The lowest BCUT2D eigenvalue weighted by molar-refractivity contribution is -0.114. The number of halogens is 1. The molecule has 0 bridgehead atoms. The zero-order valence-electron chi connectivity index (χ0n) is 6.13. The van der Waals surface area contributed by atoms with Crippen molar-refractivity contribution < 1.29 is 9.59 Å². The highest BCUT2D eigenvalue weighted by molar-refractivity contribution is 7.17. The van der Waals surface area contributed by atoms with E-state index in [0.29, 0.717) is 16.3 Å². The Balaban J connectivity index is 2.89. The van der Waals surface area contributed by atoms with Crippen LogP contribution in [0.3, 0.4) is 0 Å². The van der Waals surface area contributed by atoms with Crippen LogP contribution in [0.15, 0.2) is 0 Å². The van der Waals surface area contributed by atoms with E-state index < -0.39 is 0 Å². The maximum atomic E-state index is 10.5. The van der Waals surface area contributed by atoms with E-state index in [4.69, 9.17) is 11.6 Å². The summed E-state index contributed by atoms with van der Waals surface area (Å²) in [5.74, 6) is -0.238. The minimum Gasteiger partial charge on any atom is -0.302 e. The second-order valence-electron chi connectivity index (χ2n) is 1.97. The summed E-state index contributed by atoms with van der Waals surface area (Å²) in [4.78, 5) is 24.9. The minimum absolute atomic E-state index is 0.124. The van der Waals surface area contributed by atoms with Gasteiger partial charge in [-0.15, -0.1) is 0 Å². The lowest BCUT2D eigenvalue weighted by Gasteiger charge is -1.91. The molecule has 0 aliphatic heterocycles. The molecule has 0 saturated heterocycles. The highest BCUT2D eigenvalue weighted by Crippen LogP contribution is 2.24. The summed E-state index contributed by atoms with van der Waals surface area (Å²) in [6, 6.07) is 0. The molecule has 12 heavy (non-hydrogen) atoms. The van der Waals surface area contributed by atoms with Gasteiger partial charge in [-0.2, -0.15) is 0 Å². The number of carbonyl (C=O) groups excluding carboxylic acids is 2. The van der Waals surface area contributed by atoms with Gasteiger partial charge in [-0.1, -0.05) is 22.9 Å². The molecule has 0 atom stereocenters. The Labute approximate surface area is 77.6 Å². The van der Waals surface area contributed by atoms with Crippen molar-refractivity contribution in [2.45, 2.75) is 6.92 Å². The van der Waals surface area contributed by atoms with Gasteiger partial charge in [0.1, 0.15) is 4.88 Å². The Kier molecular flexibility index (Phi) is 2.78. The van der Waals surface area contributed by atoms with Crippen molar-refractivity contribution in [3.05, 3.63) is 10.0 Å². The molecule has 0 saturated carbocycles. The monoisotopic (exact) mass is 204 g/mol. The zero-order chi connectivity index (χ0) is 9.14. The zero-order valence-corrected chi connectivity index (χ0v) is 7.70. The Morgan fingerprint density at radius 2 is 2.42 bits per heavy atom.